The first kappa shape index (κ1) is 13.8. The monoisotopic (exact) mass is 286 g/mol. The van der Waals surface area contributed by atoms with Crippen LogP contribution in [0.1, 0.15) is 12.0 Å². The Hall–Kier alpha value is -1.67. The number of sulfone groups is 1. The quantitative estimate of drug-likeness (QED) is 0.641. The van der Waals surface area contributed by atoms with Crippen LogP contribution in [0.3, 0.4) is 0 Å². The molecule has 0 bridgehead atoms. The van der Waals surface area contributed by atoms with E-state index >= 15 is 0 Å². The number of nitrogens with two attached hydrogens (primary N) is 1. The van der Waals surface area contributed by atoms with Crippen molar-refractivity contribution in [1.29, 1.82) is 0 Å². The Kier molecular flexibility index (Phi) is 3.72. The normalized spacial score (nSPS) is 21.2. The summed E-state index contributed by atoms with van der Waals surface area (Å²) < 4.78 is 28.3. The van der Waals surface area contributed by atoms with Crippen molar-refractivity contribution in [3.63, 3.8) is 0 Å². The minimum absolute atomic E-state index is 0.0198. The van der Waals surface area contributed by atoms with Gasteiger partial charge in [0.25, 0.3) is 5.69 Å². The van der Waals surface area contributed by atoms with Crippen LogP contribution in [-0.4, -0.2) is 31.0 Å². The molecule has 19 heavy (non-hydrogen) atoms. The van der Waals surface area contributed by atoms with Crippen molar-refractivity contribution in [3.05, 3.63) is 33.9 Å². The summed E-state index contributed by atoms with van der Waals surface area (Å²) in [7, 11) is -3.02. The van der Waals surface area contributed by atoms with Gasteiger partial charge in [0.15, 0.2) is 9.84 Å². The molecular weight excluding hydrogens is 272 g/mol. The van der Waals surface area contributed by atoms with Crippen LogP contribution in [0.15, 0.2) is 18.2 Å². The van der Waals surface area contributed by atoms with Crippen molar-refractivity contribution in [2.45, 2.75) is 19.1 Å². The highest BCUT2D eigenvalue weighted by molar-refractivity contribution is 7.91. The number of nitro groups is 1. The zero-order valence-corrected chi connectivity index (χ0v) is 10.9. The number of non-ortho nitro benzene ring substituents is 1. The molecule has 0 spiro atoms. The molecule has 0 saturated carbocycles. The fourth-order valence-corrected chi connectivity index (χ4v) is 3.58. The maximum atomic E-state index is 11.3. The van der Waals surface area contributed by atoms with Crippen molar-refractivity contribution < 1.29 is 18.1 Å². The molecule has 104 valence electrons. The van der Waals surface area contributed by atoms with Crippen molar-refractivity contribution >= 4 is 15.5 Å². The Bertz CT molecular complexity index is 599. The van der Waals surface area contributed by atoms with Gasteiger partial charge in [-0.05, 0) is 12.5 Å². The van der Waals surface area contributed by atoms with Gasteiger partial charge in [0.1, 0.15) is 11.9 Å². The fourth-order valence-electron chi connectivity index (χ4n) is 1.99. The minimum Gasteiger partial charge on any atom is -0.489 e. The predicted molar refractivity (Wildman–Crippen MR) is 68.7 cm³/mol. The van der Waals surface area contributed by atoms with Gasteiger partial charge >= 0.3 is 0 Å². The van der Waals surface area contributed by atoms with Gasteiger partial charge in [-0.2, -0.15) is 0 Å². The lowest BCUT2D eigenvalue weighted by Gasteiger charge is -2.14. The van der Waals surface area contributed by atoms with E-state index in [2.05, 4.69) is 0 Å². The topological polar surface area (TPSA) is 113 Å². The summed E-state index contributed by atoms with van der Waals surface area (Å²) in [5, 5.41) is 10.7. The first-order chi connectivity index (χ1) is 8.91. The lowest BCUT2D eigenvalue weighted by molar-refractivity contribution is -0.384. The lowest BCUT2D eigenvalue weighted by Crippen LogP contribution is -2.19. The Morgan fingerprint density at radius 3 is 2.74 bits per heavy atom. The van der Waals surface area contributed by atoms with Gasteiger partial charge in [-0.1, -0.05) is 0 Å². The second-order valence-corrected chi connectivity index (χ2v) is 6.62. The Balaban J connectivity index is 2.19. The van der Waals surface area contributed by atoms with Crippen LogP contribution in [0.25, 0.3) is 0 Å². The van der Waals surface area contributed by atoms with Crippen LogP contribution in [0.5, 0.6) is 5.75 Å². The number of benzene rings is 1. The maximum Gasteiger partial charge on any atom is 0.270 e. The molecule has 8 heteroatoms. The van der Waals surface area contributed by atoms with Crippen LogP contribution in [0.2, 0.25) is 0 Å². The van der Waals surface area contributed by atoms with Crippen molar-refractivity contribution in [1.82, 2.24) is 0 Å². The van der Waals surface area contributed by atoms with Crippen LogP contribution < -0.4 is 10.5 Å². The average molecular weight is 286 g/mol. The molecule has 1 aliphatic heterocycles. The van der Waals surface area contributed by atoms with Gasteiger partial charge in [0.05, 0.1) is 16.4 Å². The van der Waals surface area contributed by atoms with E-state index < -0.39 is 20.9 Å². The molecular formula is C11H14N2O5S. The van der Waals surface area contributed by atoms with Gasteiger partial charge in [0, 0.05) is 24.2 Å². The number of hydrogen-bond acceptors (Lipinski definition) is 6. The van der Waals surface area contributed by atoms with Gasteiger partial charge in [-0.3, -0.25) is 10.1 Å². The van der Waals surface area contributed by atoms with E-state index in [-0.39, 0.29) is 23.7 Å². The first-order valence-corrected chi connectivity index (χ1v) is 7.58. The number of hydrogen-bond donors (Lipinski definition) is 1. The summed E-state index contributed by atoms with van der Waals surface area (Å²) in [6.07, 6.45) is 0.0281. The molecule has 1 aromatic rings. The Morgan fingerprint density at radius 1 is 1.47 bits per heavy atom. The molecule has 0 aliphatic carbocycles. The highest BCUT2D eigenvalue weighted by Gasteiger charge is 2.30. The third-order valence-electron chi connectivity index (χ3n) is 2.96. The molecule has 1 aliphatic rings. The second kappa shape index (κ2) is 5.14. The van der Waals surface area contributed by atoms with Gasteiger partial charge < -0.3 is 10.5 Å². The van der Waals surface area contributed by atoms with Crippen molar-refractivity contribution in [2.24, 2.45) is 5.73 Å². The van der Waals surface area contributed by atoms with Crippen molar-refractivity contribution in [3.8, 4) is 5.75 Å². The van der Waals surface area contributed by atoms with E-state index in [9.17, 15) is 18.5 Å². The predicted octanol–water partition coefficient (Wildman–Crippen LogP) is 0.619. The largest absolute Gasteiger partial charge is 0.489 e. The highest BCUT2D eigenvalue weighted by atomic mass is 32.2. The molecule has 0 amide bonds. The SMILES string of the molecule is NCc1cc([N+](=O)[O-])ccc1OC1CCS(=O)(=O)C1. The van der Waals surface area contributed by atoms with Gasteiger partial charge in [-0.25, -0.2) is 8.42 Å². The van der Waals surface area contributed by atoms with Crippen molar-refractivity contribution in [2.75, 3.05) is 11.5 Å². The molecule has 7 nitrogen and oxygen atoms in total. The number of ether oxygens (including phenoxy) is 1. The molecule has 1 unspecified atom stereocenters. The zero-order chi connectivity index (χ0) is 14.0. The van der Waals surface area contributed by atoms with E-state index in [1.165, 1.54) is 18.2 Å². The molecule has 1 aromatic carbocycles. The first-order valence-electron chi connectivity index (χ1n) is 5.76. The van der Waals surface area contributed by atoms with E-state index in [4.69, 9.17) is 10.5 Å². The van der Waals surface area contributed by atoms with E-state index in [1.54, 1.807) is 0 Å². The molecule has 1 atom stereocenters. The molecule has 2 N–H and O–H groups in total. The lowest BCUT2D eigenvalue weighted by atomic mass is 10.1. The standard InChI is InChI=1S/C11H14N2O5S/c12-6-8-5-9(13(14)15)1-2-11(8)18-10-3-4-19(16,17)7-10/h1-2,5,10H,3-4,6-7,12H2. The van der Waals surface area contributed by atoms with Crippen LogP contribution in [0.4, 0.5) is 5.69 Å². The molecule has 1 fully saturated rings. The summed E-state index contributed by atoms with van der Waals surface area (Å²) in [4.78, 5) is 10.1. The molecule has 2 rings (SSSR count). The number of rotatable bonds is 4. The summed E-state index contributed by atoms with van der Waals surface area (Å²) in [5.74, 6) is 0.506. The van der Waals surface area contributed by atoms with E-state index in [0.717, 1.165) is 0 Å². The van der Waals surface area contributed by atoms with Crippen LogP contribution in [-0.2, 0) is 16.4 Å². The van der Waals surface area contributed by atoms with Crippen LogP contribution in [0, 0.1) is 10.1 Å². The fraction of sp³-hybridized carbons (Fsp3) is 0.455. The second-order valence-electron chi connectivity index (χ2n) is 4.40. The summed E-state index contributed by atoms with van der Waals surface area (Å²) >= 11 is 0. The third kappa shape index (κ3) is 3.21. The summed E-state index contributed by atoms with van der Waals surface area (Å²) in [6.45, 7) is 0.0937. The van der Waals surface area contributed by atoms with Gasteiger partial charge in [-0.15, -0.1) is 0 Å². The highest BCUT2D eigenvalue weighted by Crippen LogP contribution is 2.27. The van der Waals surface area contributed by atoms with E-state index in [0.29, 0.717) is 17.7 Å². The maximum absolute atomic E-state index is 11.3. The average Bonchev–Trinajstić information content (AvgIpc) is 2.69. The molecule has 1 saturated heterocycles. The minimum atomic E-state index is -3.02. The van der Waals surface area contributed by atoms with E-state index in [1.807, 2.05) is 0 Å². The Labute approximate surface area is 110 Å². The number of nitro benzene ring substituents is 1. The third-order valence-corrected chi connectivity index (χ3v) is 4.70. The Morgan fingerprint density at radius 2 is 2.21 bits per heavy atom. The molecule has 0 aromatic heterocycles. The van der Waals surface area contributed by atoms with Crippen LogP contribution >= 0.6 is 0 Å². The van der Waals surface area contributed by atoms with Gasteiger partial charge in [0.2, 0.25) is 0 Å². The summed E-state index contributed by atoms with van der Waals surface area (Å²) in [6, 6.07) is 4.13. The summed E-state index contributed by atoms with van der Waals surface area (Å²) in [5.41, 5.74) is 5.96. The molecule has 0 radical (unpaired) electrons. The molecule has 1 heterocycles. The number of nitrogens with zero attached hydrogens (tertiary/aromatic N) is 1. The zero-order valence-electron chi connectivity index (χ0n) is 10.1. The smallest absolute Gasteiger partial charge is 0.270 e.